The second-order valence-electron chi connectivity index (χ2n) is 11.9. The fourth-order valence-corrected chi connectivity index (χ4v) is 5.22. The zero-order valence-electron chi connectivity index (χ0n) is 26.7. The van der Waals surface area contributed by atoms with Gasteiger partial charge in [0, 0.05) is 45.7 Å². The number of hydrogen-bond acceptors (Lipinski definition) is 7. The van der Waals surface area contributed by atoms with Crippen molar-refractivity contribution in [1.82, 2.24) is 29.8 Å². The number of rotatable bonds is 14. The highest BCUT2D eigenvalue weighted by molar-refractivity contribution is 5.92. The van der Waals surface area contributed by atoms with Crippen molar-refractivity contribution in [1.29, 1.82) is 0 Å². The number of aryl methyl sites for hydroxylation is 1. The summed E-state index contributed by atoms with van der Waals surface area (Å²) in [7, 11) is 0. The number of hydrogen-bond donors (Lipinski definition) is 2. The monoisotopic (exact) mass is 717 g/mol. The average Bonchev–Trinajstić information content (AvgIpc) is 3.49. The molecule has 1 aromatic carbocycles. The highest BCUT2D eigenvalue weighted by Gasteiger charge is 2.35. The molecule has 0 aliphatic carbocycles. The smallest absolute Gasteiger partial charge is 0.397 e. The number of likely N-dealkylation sites (tertiary alicyclic amines) is 1. The first-order valence-electron chi connectivity index (χ1n) is 15.5. The van der Waals surface area contributed by atoms with Crippen LogP contribution in [-0.2, 0) is 29.2 Å². The summed E-state index contributed by atoms with van der Waals surface area (Å²) in [5, 5.41) is 12.3. The fraction of sp³-hybridized carbons (Fsp3) is 0.484. The first-order chi connectivity index (χ1) is 23.5. The summed E-state index contributed by atoms with van der Waals surface area (Å²) in [6.07, 6.45) is -8.52. The molecule has 0 bridgehead atoms. The van der Waals surface area contributed by atoms with E-state index in [1.165, 1.54) is 30.6 Å². The van der Waals surface area contributed by atoms with E-state index in [1.54, 1.807) is 6.07 Å². The van der Waals surface area contributed by atoms with Crippen LogP contribution in [0.5, 0.6) is 5.75 Å². The Balaban J connectivity index is 1.21. The van der Waals surface area contributed by atoms with E-state index >= 15 is 0 Å². The maximum absolute atomic E-state index is 14.8. The van der Waals surface area contributed by atoms with E-state index in [1.807, 2.05) is 0 Å². The van der Waals surface area contributed by atoms with Gasteiger partial charge in [0.05, 0.1) is 18.4 Å². The number of nitrogens with zero attached hydrogens (tertiary/aromatic N) is 5. The van der Waals surface area contributed by atoms with Gasteiger partial charge in [0.25, 0.3) is 11.5 Å². The lowest BCUT2D eigenvalue weighted by Crippen LogP contribution is -2.40. The minimum absolute atomic E-state index is 0.0444. The van der Waals surface area contributed by atoms with Crippen LogP contribution in [0.15, 0.2) is 47.5 Å². The highest BCUT2D eigenvalue weighted by Crippen LogP contribution is 2.26. The molecule has 1 unspecified atom stereocenters. The predicted octanol–water partition coefficient (Wildman–Crippen LogP) is 4.45. The zero-order chi connectivity index (χ0) is 36.6. The zero-order valence-corrected chi connectivity index (χ0v) is 26.7. The first kappa shape index (κ1) is 37.8. The molecule has 2 N–H and O–H groups in total. The van der Waals surface area contributed by atoms with Gasteiger partial charge < -0.3 is 24.8 Å². The maximum Gasteiger partial charge on any atom is 0.397 e. The number of halogens is 7. The van der Waals surface area contributed by atoms with Crippen molar-refractivity contribution >= 4 is 23.4 Å². The van der Waals surface area contributed by atoms with E-state index in [9.17, 15) is 49.9 Å². The van der Waals surface area contributed by atoms with Crippen LogP contribution < -0.4 is 20.9 Å². The Morgan fingerprint density at radius 1 is 1.10 bits per heavy atom. The number of aromatic nitrogens is 4. The van der Waals surface area contributed by atoms with Crippen LogP contribution in [0.3, 0.4) is 0 Å². The molecule has 4 rings (SSSR count). The number of alkyl halides is 6. The van der Waals surface area contributed by atoms with Crippen LogP contribution in [0.1, 0.15) is 55.1 Å². The van der Waals surface area contributed by atoms with Gasteiger partial charge in [-0.05, 0) is 48.9 Å². The summed E-state index contributed by atoms with van der Waals surface area (Å²) in [5.41, 5.74) is -1.16. The van der Waals surface area contributed by atoms with Gasteiger partial charge in [-0.1, -0.05) is 17.3 Å². The lowest BCUT2D eigenvalue weighted by molar-refractivity contribution is -0.162. The summed E-state index contributed by atoms with van der Waals surface area (Å²) in [4.78, 5) is 50.3. The number of pyridine rings is 1. The van der Waals surface area contributed by atoms with Crippen molar-refractivity contribution in [3.05, 3.63) is 70.2 Å². The van der Waals surface area contributed by atoms with Crippen molar-refractivity contribution in [2.24, 2.45) is 5.92 Å². The third-order valence-corrected chi connectivity index (χ3v) is 7.66. The van der Waals surface area contributed by atoms with Gasteiger partial charge in [0.2, 0.25) is 17.6 Å². The molecule has 0 saturated carbocycles. The second-order valence-corrected chi connectivity index (χ2v) is 11.9. The Morgan fingerprint density at radius 3 is 2.50 bits per heavy atom. The SMILES string of the molecule is CC(F)(F)Oc1cccc(CNC(=O)c2cn(CC(F)CCn3ccc(NC(=O)CC4CCN(C(=O)CC(F)(F)F)CC4)c(F)c3=O)nn2)c1. The summed E-state index contributed by atoms with van der Waals surface area (Å²) in [6, 6.07) is 6.87. The van der Waals surface area contributed by atoms with E-state index in [2.05, 4.69) is 25.7 Å². The minimum atomic E-state index is -4.61. The maximum atomic E-state index is 14.8. The fourth-order valence-electron chi connectivity index (χ4n) is 5.22. The molecule has 3 amide bonds. The molecule has 272 valence electrons. The summed E-state index contributed by atoms with van der Waals surface area (Å²) in [6.45, 7) is 0.0878. The number of ether oxygens (including phenoxy) is 1. The molecule has 1 aliphatic heterocycles. The van der Waals surface area contributed by atoms with Gasteiger partial charge in [-0.15, -0.1) is 5.10 Å². The largest absolute Gasteiger partial charge is 0.433 e. The molecule has 12 nitrogen and oxygen atoms in total. The second kappa shape index (κ2) is 16.2. The van der Waals surface area contributed by atoms with Crippen molar-refractivity contribution < 1.29 is 49.9 Å². The van der Waals surface area contributed by atoms with Gasteiger partial charge in [0.15, 0.2) is 5.69 Å². The van der Waals surface area contributed by atoms with Crippen molar-refractivity contribution in [2.75, 3.05) is 18.4 Å². The normalized spacial score (nSPS) is 14.7. The third kappa shape index (κ3) is 11.6. The van der Waals surface area contributed by atoms with Gasteiger partial charge in [-0.25, -0.2) is 9.07 Å². The van der Waals surface area contributed by atoms with Gasteiger partial charge in [-0.3, -0.25) is 19.2 Å². The molecule has 3 aromatic rings. The standard InChI is InChI=1S/C31H34F7N7O5/c1-30(34,35)50-22-4-2-3-20(13-22)16-39-28(48)24-18-45(42-41-24)17-21(32)7-11-44-12-8-23(27(33)29(44)49)40-25(46)14-19-5-9-43(10-6-19)26(47)15-31(36,37)38/h2-4,8,12-13,18-19,21H,5-7,9-11,14-17H2,1H3,(H,39,48)(H,40,46). The highest BCUT2D eigenvalue weighted by atomic mass is 19.4. The van der Waals surface area contributed by atoms with E-state index in [4.69, 9.17) is 0 Å². The number of amides is 3. The number of nitrogens with one attached hydrogen (secondary N) is 2. The van der Waals surface area contributed by atoms with Gasteiger partial charge in [-0.2, -0.15) is 26.3 Å². The number of carbonyl (C=O) groups is 3. The van der Waals surface area contributed by atoms with Crippen LogP contribution in [0, 0.1) is 11.7 Å². The van der Waals surface area contributed by atoms with E-state index in [-0.39, 0.29) is 81.5 Å². The van der Waals surface area contributed by atoms with Gasteiger partial charge >= 0.3 is 12.3 Å². The summed E-state index contributed by atoms with van der Waals surface area (Å²) >= 11 is 0. The Bertz CT molecular complexity index is 1720. The Kier molecular flexibility index (Phi) is 12.2. The topological polar surface area (TPSA) is 140 Å². The van der Waals surface area contributed by atoms with E-state index in [0.717, 1.165) is 20.2 Å². The first-order valence-corrected chi connectivity index (χ1v) is 15.5. The molecule has 3 heterocycles. The van der Waals surface area contributed by atoms with Crippen molar-refractivity contribution in [2.45, 2.75) is 77.1 Å². The molecule has 1 atom stereocenters. The molecule has 50 heavy (non-hydrogen) atoms. The molecular weight excluding hydrogens is 683 g/mol. The molecule has 0 radical (unpaired) electrons. The molecule has 2 aromatic heterocycles. The van der Waals surface area contributed by atoms with E-state index in [0.29, 0.717) is 12.5 Å². The molecular formula is C31H34F7N7O5. The Morgan fingerprint density at radius 2 is 1.82 bits per heavy atom. The summed E-state index contributed by atoms with van der Waals surface area (Å²) in [5.74, 6) is -3.92. The van der Waals surface area contributed by atoms with Crippen molar-refractivity contribution in [3.63, 3.8) is 0 Å². The molecule has 1 aliphatic rings. The number of benzene rings is 1. The van der Waals surface area contributed by atoms with Crippen LogP contribution in [-0.4, -0.2) is 73.7 Å². The number of anilines is 1. The third-order valence-electron chi connectivity index (χ3n) is 7.66. The lowest BCUT2D eigenvalue weighted by Gasteiger charge is -2.32. The Labute approximate surface area is 280 Å². The van der Waals surface area contributed by atoms with Crippen LogP contribution >= 0.6 is 0 Å². The molecule has 1 fully saturated rings. The molecule has 0 spiro atoms. The number of piperidine rings is 1. The van der Waals surface area contributed by atoms with Crippen molar-refractivity contribution in [3.8, 4) is 5.75 Å². The number of carbonyl (C=O) groups excluding carboxylic acids is 3. The van der Waals surface area contributed by atoms with Crippen LogP contribution in [0.4, 0.5) is 36.4 Å². The quantitative estimate of drug-likeness (QED) is 0.235. The Hall–Kier alpha value is -4.97. The van der Waals surface area contributed by atoms with Crippen LogP contribution in [0.25, 0.3) is 0 Å². The average molecular weight is 718 g/mol. The lowest BCUT2D eigenvalue weighted by atomic mass is 9.93. The van der Waals surface area contributed by atoms with E-state index < -0.39 is 54.0 Å². The van der Waals surface area contributed by atoms with Gasteiger partial charge in [0.1, 0.15) is 18.3 Å². The van der Waals surface area contributed by atoms with Crippen LogP contribution in [0.2, 0.25) is 0 Å². The summed E-state index contributed by atoms with van der Waals surface area (Å²) < 4.78 is 99.7. The molecule has 1 saturated heterocycles. The predicted molar refractivity (Wildman–Crippen MR) is 162 cm³/mol. The molecule has 19 heteroatoms. The minimum Gasteiger partial charge on any atom is -0.433 e.